The molecule has 0 atom stereocenters. The normalized spacial score (nSPS) is 10.4. The van der Waals surface area contributed by atoms with Gasteiger partial charge in [0.25, 0.3) is 0 Å². The van der Waals surface area contributed by atoms with Crippen LogP contribution in [0.15, 0.2) is 36.0 Å². The van der Waals surface area contributed by atoms with E-state index in [9.17, 15) is 9.59 Å². The first-order valence-electron chi connectivity index (χ1n) is 6.89. The van der Waals surface area contributed by atoms with E-state index in [2.05, 4.69) is 15.3 Å². The number of anilines is 2. The van der Waals surface area contributed by atoms with Gasteiger partial charge in [0.1, 0.15) is 17.0 Å². The molecule has 0 unspecified atom stereocenters. The maximum Gasteiger partial charge on any atom is 0.337 e. The third-order valence-electron chi connectivity index (χ3n) is 3.30. The van der Waals surface area contributed by atoms with E-state index in [1.54, 1.807) is 12.1 Å². The Kier molecular flexibility index (Phi) is 4.39. The van der Waals surface area contributed by atoms with Gasteiger partial charge in [-0.05, 0) is 29.6 Å². The maximum absolute atomic E-state index is 11.8. The molecule has 7 nitrogen and oxygen atoms in total. The number of nitrogens with zero attached hydrogens (tertiary/aromatic N) is 2. The second kappa shape index (κ2) is 6.63. The largest absolute Gasteiger partial charge is 0.465 e. The fraction of sp³-hybridized carbons (Fsp3) is 0.125. The maximum atomic E-state index is 11.8. The van der Waals surface area contributed by atoms with Crippen LogP contribution in [0, 0.1) is 0 Å². The Hall–Kier alpha value is -3.00. The first kappa shape index (κ1) is 15.9. The minimum absolute atomic E-state index is 0.235. The Labute approximate surface area is 141 Å². The Balaban J connectivity index is 2.04. The lowest BCUT2D eigenvalue weighted by Crippen LogP contribution is -2.08. The van der Waals surface area contributed by atoms with Gasteiger partial charge in [0, 0.05) is 5.69 Å². The topological polar surface area (TPSA) is 90.4 Å². The van der Waals surface area contributed by atoms with Gasteiger partial charge < -0.3 is 14.8 Å². The number of nitrogens with one attached hydrogen (secondary N) is 1. The van der Waals surface area contributed by atoms with Crippen LogP contribution in [0.2, 0.25) is 0 Å². The highest BCUT2D eigenvalue weighted by atomic mass is 32.1. The number of hydrogen-bond donors (Lipinski definition) is 1. The molecule has 0 fully saturated rings. The Bertz CT molecular complexity index is 888. The lowest BCUT2D eigenvalue weighted by atomic mass is 10.1. The summed E-state index contributed by atoms with van der Waals surface area (Å²) in [4.78, 5) is 32.9. The number of hydrogen-bond acceptors (Lipinski definition) is 8. The van der Waals surface area contributed by atoms with E-state index in [0.717, 1.165) is 10.2 Å². The van der Waals surface area contributed by atoms with Crippen molar-refractivity contribution in [1.29, 1.82) is 0 Å². The van der Waals surface area contributed by atoms with E-state index in [0.29, 0.717) is 11.5 Å². The van der Waals surface area contributed by atoms with Crippen molar-refractivity contribution in [3.63, 3.8) is 0 Å². The molecule has 0 spiro atoms. The molecule has 0 radical (unpaired) electrons. The number of esters is 2. The van der Waals surface area contributed by atoms with Crippen LogP contribution in [0.5, 0.6) is 0 Å². The number of aromatic nitrogens is 2. The van der Waals surface area contributed by atoms with E-state index < -0.39 is 11.9 Å². The third-order valence-corrected chi connectivity index (χ3v) is 4.12. The highest BCUT2D eigenvalue weighted by molar-refractivity contribution is 7.16. The zero-order valence-corrected chi connectivity index (χ0v) is 13.7. The van der Waals surface area contributed by atoms with Crippen molar-refractivity contribution in [3.8, 4) is 0 Å². The molecule has 0 saturated carbocycles. The average Bonchev–Trinajstić information content (AvgIpc) is 3.09. The molecule has 2 aromatic heterocycles. The van der Waals surface area contributed by atoms with Crippen LogP contribution < -0.4 is 5.32 Å². The number of carbonyl (C=O) groups is 2. The number of ether oxygens (including phenoxy) is 2. The molecule has 3 aromatic rings. The molecule has 0 aliphatic rings. The predicted molar refractivity (Wildman–Crippen MR) is 89.8 cm³/mol. The summed E-state index contributed by atoms with van der Waals surface area (Å²) < 4.78 is 9.45. The number of fused-ring (bicyclic) bond motifs is 1. The van der Waals surface area contributed by atoms with Crippen LogP contribution in [-0.4, -0.2) is 36.1 Å². The molecule has 0 aliphatic carbocycles. The van der Waals surface area contributed by atoms with Gasteiger partial charge in [0.05, 0.1) is 30.7 Å². The minimum Gasteiger partial charge on any atom is -0.465 e. The van der Waals surface area contributed by atoms with Gasteiger partial charge in [-0.25, -0.2) is 19.6 Å². The SMILES string of the molecule is COC(=O)c1cc(Nc2ncnc3sccc23)cc(C(=O)OC)c1. The Morgan fingerprint density at radius 1 is 1.04 bits per heavy atom. The van der Waals surface area contributed by atoms with Crippen molar-refractivity contribution in [2.45, 2.75) is 0 Å². The van der Waals surface area contributed by atoms with Gasteiger partial charge in [-0.1, -0.05) is 0 Å². The summed E-state index contributed by atoms with van der Waals surface area (Å²) in [5, 5.41) is 5.88. The first-order valence-corrected chi connectivity index (χ1v) is 7.77. The van der Waals surface area contributed by atoms with Crippen molar-refractivity contribution in [2.24, 2.45) is 0 Å². The van der Waals surface area contributed by atoms with E-state index >= 15 is 0 Å². The van der Waals surface area contributed by atoms with Gasteiger partial charge in [0.15, 0.2) is 0 Å². The summed E-state index contributed by atoms with van der Waals surface area (Å²) in [7, 11) is 2.55. The molecule has 122 valence electrons. The van der Waals surface area contributed by atoms with Crippen molar-refractivity contribution < 1.29 is 19.1 Å². The molecule has 1 aromatic carbocycles. The summed E-state index contributed by atoms with van der Waals surface area (Å²) in [5.74, 6) is -0.515. The van der Waals surface area contributed by atoms with E-state index in [1.807, 2.05) is 11.4 Å². The second-order valence-electron chi connectivity index (χ2n) is 4.77. The smallest absolute Gasteiger partial charge is 0.337 e. The predicted octanol–water partition coefficient (Wildman–Crippen LogP) is 3.01. The summed E-state index contributed by atoms with van der Waals surface area (Å²) in [5.41, 5.74) is 0.988. The van der Waals surface area contributed by atoms with Crippen LogP contribution >= 0.6 is 11.3 Å². The molecule has 1 N–H and O–H groups in total. The first-order chi connectivity index (χ1) is 11.6. The monoisotopic (exact) mass is 343 g/mol. The fourth-order valence-electron chi connectivity index (χ4n) is 2.20. The lowest BCUT2D eigenvalue weighted by molar-refractivity contribution is 0.0599. The van der Waals surface area contributed by atoms with Gasteiger partial charge >= 0.3 is 11.9 Å². The standard InChI is InChI=1S/C16H13N3O4S/c1-22-15(20)9-5-10(16(21)23-2)7-11(6-9)19-13-12-3-4-24-14(12)18-8-17-13/h3-8H,1-2H3,(H,17,18,19). The molecular formula is C16H13N3O4S. The van der Waals surface area contributed by atoms with Crippen LogP contribution in [0.25, 0.3) is 10.2 Å². The van der Waals surface area contributed by atoms with Crippen molar-refractivity contribution in [2.75, 3.05) is 19.5 Å². The Morgan fingerprint density at radius 3 is 2.33 bits per heavy atom. The number of methoxy groups -OCH3 is 2. The quantitative estimate of drug-likeness (QED) is 0.728. The van der Waals surface area contributed by atoms with Crippen LogP contribution in [0.4, 0.5) is 11.5 Å². The summed E-state index contributed by atoms with van der Waals surface area (Å²) in [6, 6.07) is 6.48. The van der Waals surface area contributed by atoms with Gasteiger partial charge in [-0.3, -0.25) is 0 Å². The zero-order valence-electron chi connectivity index (χ0n) is 12.9. The molecular weight excluding hydrogens is 330 g/mol. The van der Waals surface area contributed by atoms with Gasteiger partial charge in [-0.15, -0.1) is 11.3 Å². The lowest BCUT2D eigenvalue weighted by Gasteiger charge is -2.10. The third kappa shape index (κ3) is 3.04. The number of rotatable bonds is 4. The minimum atomic E-state index is -0.549. The summed E-state index contributed by atoms with van der Waals surface area (Å²) in [6.07, 6.45) is 1.45. The van der Waals surface area contributed by atoms with Crippen LogP contribution in [0.3, 0.4) is 0 Å². The van der Waals surface area contributed by atoms with Gasteiger partial charge in [0.2, 0.25) is 0 Å². The fourth-order valence-corrected chi connectivity index (χ4v) is 2.93. The highest BCUT2D eigenvalue weighted by Crippen LogP contribution is 2.27. The molecule has 24 heavy (non-hydrogen) atoms. The average molecular weight is 343 g/mol. The van der Waals surface area contributed by atoms with E-state index in [-0.39, 0.29) is 11.1 Å². The van der Waals surface area contributed by atoms with Crippen molar-refractivity contribution in [3.05, 3.63) is 47.1 Å². The Morgan fingerprint density at radius 2 is 1.71 bits per heavy atom. The molecule has 0 amide bonds. The number of thiophene rings is 1. The molecule has 0 aliphatic heterocycles. The van der Waals surface area contributed by atoms with E-state index in [1.165, 1.54) is 38.0 Å². The molecule has 0 saturated heterocycles. The molecule has 0 bridgehead atoms. The second-order valence-corrected chi connectivity index (χ2v) is 5.66. The highest BCUT2D eigenvalue weighted by Gasteiger charge is 2.15. The molecule has 8 heteroatoms. The molecule has 2 heterocycles. The summed E-state index contributed by atoms with van der Waals surface area (Å²) in [6.45, 7) is 0. The van der Waals surface area contributed by atoms with Crippen molar-refractivity contribution >= 4 is 45.0 Å². The molecule has 3 rings (SSSR count). The number of benzene rings is 1. The van der Waals surface area contributed by atoms with Crippen molar-refractivity contribution in [1.82, 2.24) is 9.97 Å². The van der Waals surface area contributed by atoms with Crippen LogP contribution in [0.1, 0.15) is 20.7 Å². The number of carbonyl (C=O) groups excluding carboxylic acids is 2. The van der Waals surface area contributed by atoms with E-state index in [4.69, 9.17) is 9.47 Å². The summed E-state index contributed by atoms with van der Waals surface area (Å²) >= 11 is 1.50. The van der Waals surface area contributed by atoms with Gasteiger partial charge in [-0.2, -0.15) is 0 Å². The zero-order chi connectivity index (χ0) is 17.1. The van der Waals surface area contributed by atoms with Crippen LogP contribution in [-0.2, 0) is 9.47 Å².